The lowest BCUT2D eigenvalue weighted by Crippen LogP contribution is -1.86. The summed E-state index contributed by atoms with van der Waals surface area (Å²) in [6.07, 6.45) is 0. The highest BCUT2D eigenvalue weighted by Gasteiger charge is 2.00. The summed E-state index contributed by atoms with van der Waals surface area (Å²) < 4.78 is 0.639. The Bertz CT molecular complexity index is 729. The molecule has 0 aromatic heterocycles. The van der Waals surface area contributed by atoms with E-state index in [4.69, 9.17) is 12.2 Å². The molecule has 0 saturated carbocycles. The highest BCUT2D eigenvalue weighted by atomic mass is 32.1. The molecular weight excluding hydrogens is 244 g/mol. The molecule has 82 valence electrons. The Morgan fingerprint density at radius 2 is 1.35 bits per heavy atom. The van der Waals surface area contributed by atoms with Gasteiger partial charge in [-0.3, -0.25) is 0 Å². The molecule has 0 fully saturated rings. The summed E-state index contributed by atoms with van der Waals surface area (Å²) in [4.78, 5) is 0. The molecular formula is C15H10S2. The lowest BCUT2D eigenvalue weighted by Gasteiger charge is -2.04. The molecule has 0 radical (unpaired) electrons. The van der Waals surface area contributed by atoms with Gasteiger partial charge in [-0.2, -0.15) is 0 Å². The van der Waals surface area contributed by atoms with Crippen LogP contribution in [0.3, 0.4) is 0 Å². The molecule has 0 saturated heterocycles. The number of thiocarbonyl (C=S) groups is 1. The monoisotopic (exact) mass is 254 g/mol. The average Bonchev–Trinajstić information content (AvgIpc) is 2.35. The van der Waals surface area contributed by atoms with Gasteiger partial charge in [0.25, 0.3) is 0 Å². The first-order chi connectivity index (χ1) is 8.24. The van der Waals surface area contributed by atoms with Crippen molar-refractivity contribution in [2.45, 2.75) is 0 Å². The van der Waals surface area contributed by atoms with Crippen molar-refractivity contribution in [2.24, 2.45) is 0 Å². The van der Waals surface area contributed by atoms with Crippen molar-refractivity contribution in [3.63, 3.8) is 0 Å². The zero-order valence-corrected chi connectivity index (χ0v) is 10.8. The summed E-state index contributed by atoms with van der Waals surface area (Å²) in [7, 11) is 0. The molecule has 0 aliphatic heterocycles. The Labute approximate surface area is 111 Å². The Morgan fingerprint density at radius 1 is 0.765 bits per heavy atom. The number of rotatable bonds is 1. The summed E-state index contributed by atoms with van der Waals surface area (Å²) in [6.45, 7) is 0. The predicted molar refractivity (Wildman–Crippen MR) is 82.1 cm³/mol. The van der Waals surface area contributed by atoms with Crippen LogP contribution in [0.4, 0.5) is 0 Å². The van der Waals surface area contributed by atoms with Gasteiger partial charge in [0.15, 0.2) is 0 Å². The van der Waals surface area contributed by atoms with Gasteiger partial charge in [0, 0.05) is 0 Å². The van der Waals surface area contributed by atoms with Crippen molar-refractivity contribution in [1.29, 1.82) is 0 Å². The van der Waals surface area contributed by atoms with Crippen molar-refractivity contribution >= 4 is 50.6 Å². The molecule has 0 amide bonds. The summed E-state index contributed by atoms with van der Waals surface area (Å²) in [5.41, 5.74) is 1.01. The minimum Gasteiger partial charge on any atom is -0.131 e. The van der Waals surface area contributed by atoms with E-state index in [-0.39, 0.29) is 0 Å². The lowest BCUT2D eigenvalue weighted by atomic mass is 10.0. The van der Waals surface area contributed by atoms with E-state index >= 15 is 0 Å². The summed E-state index contributed by atoms with van der Waals surface area (Å²) >= 11 is 9.30. The quantitative estimate of drug-likeness (QED) is 0.376. The normalized spacial score (nSPS) is 10.9. The van der Waals surface area contributed by atoms with E-state index in [1.165, 1.54) is 21.5 Å². The summed E-state index contributed by atoms with van der Waals surface area (Å²) in [5.74, 6) is 0. The second-order valence-electron chi connectivity index (χ2n) is 4.07. The fourth-order valence-electron chi connectivity index (χ4n) is 2.07. The molecule has 0 nitrogen and oxygen atoms in total. The maximum atomic E-state index is 5.09. The van der Waals surface area contributed by atoms with E-state index in [0.717, 1.165) is 5.56 Å². The van der Waals surface area contributed by atoms with Crippen LogP contribution in [0.2, 0.25) is 0 Å². The third-order valence-corrected chi connectivity index (χ3v) is 3.45. The second-order valence-corrected chi connectivity index (χ2v) is 5.22. The molecule has 0 N–H and O–H groups in total. The van der Waals surface area contributed by atoms with E-state index in [9.17, 15) is 0 Å². The van der Waals surface area contributed by atoms with E-state index in [1.807, 2.05) is 6.07 Å². The van der Waals surface area contributed by atoms with Gasteiger partial charge in [-0.05, 0) is 45.3 Å². The first-order valence-corrected chi connectivity index (χ1v) is 6.25. The highest BCUT2D eigenvalue weighted by Crippen LogP contribution is 2.24. The molecule has 0 unspecified atom stereocenters. The van der Waals surface area contributed by atoms with Crippen molar-refractivity contribution in [2.75, 3.05) is 0 Å². The van der Waals surface area contributed by atoms with Crippen LogP contribution in [0.25, 0.3) is 21.5 Å². The van der Waals surface area contributed by atoms with Crippen LogP contribution in [0.1, 0.15) is 5.56 Å². The van der Waals surface area contributed by atoms with Crippen molar-refractivity contribution in [1.82, 2.24) is 0 Å². The first kappa shape index (κ1) is 10.8. The molecule has 2 heteroatoms. The minimum atomic E-state index is 0.639. The molecule has 0 spiro atoms. The molecule has 0 atom stereocenters. The smallest absolute Gasteiger partial charge is 0.0748 e. The Morgan fingerprint density at radius 3 is 2.00 bits per heavy atom. The maximum absolute atomic E-state index is 5.09. The molecule has 0 aliphatic rings. The predicted octanol–water partition coefficient (Wildman–Crippen LogP) is 4.60. The number of hydrogen-bond acceptors (Lipinski definition) is 1. The molecule has 0 heterocycles. The molecule has 3 aromatic carbocycles. The van der Waals surface area contributed by atoms with Crippen LogP contribution in [0, 0.1) is 0 Å². The Balaban J connectivity index is 2.36. The van der Waals surface area contributed by atoms with Crippen LogP contribution in [0.15, 0.2) is 54.6 Å². The number of fused-ring (bicyclic) bond motifs is 2. The summed E-state index contributed by atoms with van der Waals surface area (Å²) in [6, 6.07) is 19.0. The standard InChI is InChI=1S/C15H10S2/c16-15(17)13-6-5-12-7-10-3-1-2-4-11(10)8-14(12)9-13/h1-9H,(H,16,17). The van der Waals surface area contributed by atoms with Gasteiger partial charge < -0.3 is 0 Å². The third kappa shape index (κ3) is 1.94. The van der Waals surface area contributed by atoms with Gasteiger partial charge in [-0.1, -0.05) is 48.6 Å². The zero-order chi connectivity index (χ0) is 11.8. The molecule has 17 heavy (non-hydrogen) atoms. The van der Waals surface area contributed by atoms with E-state index < -0.39 is 0 Å². The van der Waals surface area contributed by atoms with Crippen LogP contribution >= 0.6 is 24.8 Å². The third-order valence-electron chi connectivity index (χ3n) is 2.95. The fraction of sp³-hybridized carbons (Fsp3) is 0. The van der Waals surface area contributed by atoms with Gasteiger partial charge in [0.2, 0.25) is 0 Å². The van der Waals surface area contributed by atoms with Gasteiger partial charge >= 0.3 is 0 Å². The molecule has 3 aromatic rings. The average molecular weight is 254 g/mol. The first-order valence-electron chi connectivity index (χ1n) is 5.40. The van der Waals surface area contributed by atoms with Gasteiger partial charge in [-0.25, -0.2) is 0 Å². The number of benzene rings is 3. The highest BCUT2D eigenvalue weighted by molar-refractivity contribution is 8.11. The Kier molecular flexibility index (Phi) is 2.61. The van der Waals surface area contributed by atoms with Crippen molar-refractivity contribution < 1.29 is 0 Å². The Hall–Kier alpha value is -1.38. The van der Waals surface area contributed by atoms with E-state index in [1.54, 1.807) is 0 Å². The molecule has 3 rings (SSSR count). The van der Waals surface area contributed by atoms with Gasteiger partial charge in [0.05, 0.1) is 4.20 Å². The van der Waals surface area contributed by atoms with Crippen molar-refractivity contribution in [3.8, 4) is 0 Å². The maximum Gasteiger partial charge on any atom is 0.0748 e. The topological polar surface area (TPSA) is 0 Å². The largest absolute Gasteiger partial charge is 0.131 e. The van der Waals surface area contributed by atoms with E-state index in [2.05, 4.69) is 61.2 Å². The summed E-state index contributed by atoms with van der Waals surface area (Å²) in [5, 5.41) is 4.96. The number of thiol groups is 1. The number of hydrogen-bond donors (Lipinski definition) is 1. The SMILES string of the molecule is S=C(S)c1ccc2cc3ccccc3cc2c1. The van der Waals surface area contributed by atoms with E-state index in [0.29, 0.717) is 4.20 Å². The lowest BCUT2D eigenvalue weighted by molar-refractivity contribution is 1.75. The second kappa shape index (κ2) is 4.13. The van der Waals surface area contributed by atoms with Gasteiger partial charge in [-0.15, -0.1) is 12.6 Å². The van der Waals surface area contributed by atoms with Gasteiger partial charge in [0.1, 0.15) is 0 Å². The zero-order valence-electron chi connectivity index (χ0n) is 9.05. The van der Waals surface area contributed by atoms with Crippen LogP contribution in [-0.4, -0.2) is 4.20 Å². The van der Waals surface area contributed by atoms with Crippen LogP contribution < -0.4 is 0 Å². The molecule has 0 aliphatic carbocycles. The van der Waals surface area contributed by atoms with Crippen LogP contribution in [0.5, 0.6) is 0 Å². The molecule has 0 bridgehead atoms. The van der Waals surface area contributed by atoms with Crippen LogP contribution in [-0.2, 0) is 0 Å². The minimum absolute atomic E-state index is 0.639. The fourth-order valence-corrected chi connectivity index (χ4v) is 2.34. The van der Waals surface area contributed by atoms with Crippen molar-refractivity contribution in [3.05, 3.63) is 60.2 Å².